The molecule has 8 heteroatoms. The zero-order valence-corrected chi connectivity index (χ0v) is 17.5. The number of likely N-dealkylation sites (N-methyl/N-ethyl adjacent to an activating group) is 1. The van der Waals surface area contributed by atoms with Gasteiger partial charge in [-0.15, -0.1) is 24.8 Å². The van der Waals surface area contributed by atoms with Gasteiger partial charge in [0.2, 0.25) is 5.91 Å². The first-order chi connectivity index (χ1) is 11.7. The normalized spacial score (nSPS) is 20.7. The van der Waals surface area contributed by atoms with Gasteiger partial charge in [0, 0.05) is 44.0 Å². The number of piperidine rings is 1. The van der Waals surface area contributed by atoms with Crippen molar-refractivity contribution in [2.24, 2.45) is 7.05 Å². The Balaban J connectivity index is 0.00000169. The Morgan fingerprint density at radius 2 is 1.81 bits per heavy atom. The molecule has 2 heterocycles. The van der Waals surface area contributed by atoms with Gasteiger partial charge in [-0.25, -0.2) is 0 Å². The number of carbonyl (C=O) groups is 1. The number of nitrogens with zero attached hydrogens (tertiary/aromatic N) is 3. The van der Waals surface area contributed by atoms with Crippen LogP contribution in [0.4, 0.5) is 0 Å². The van der Waals surface area contributed by atoms with E-state index in [4.69, 9.17) is 0 Å². The maximum Gasteiger partial charge on any atom is 0.242 e. The van der Waals surface area contributed by atoms with Crippen LogP contribution in [0, 0.1) is 0 Å². The van der Waals surface area contributed by atoms with Crippen LogP contribution in [-0.4, -0.2) is 52.8 Å². The van der Waals surface area contributed by atoms with Gasteiger partial charge in [-0.2, -0.15) is 5.10 Å². The molecule has 26 heavy (non-hydrogen) atoms. The first-order valence-electron chi connectivity index (χ1n) is 9.37. The third-order valence-corrected chi connectivity index (χ3v) is 5.58. The number of rotatable bonds is 5. The van der Waals surface area contributed by atoms with Crippen LogP contribution in [0.15, 0.2) is 12.4 Å². The van der Waals surface area contributed by atoms with Gasteiger partial charge in [0.25, 0.3) is 0 Å². The molecule has 2 N–H and O–H groups in total. The Hall–Kier alpha value is -0.820. The number of hydrogen-bond donors (Lipinski definition) is 2. The summed E-state index contributed by atoms with van der Waals surface area (Å²) in [4.78, 5) is 15.3. The lowest BCUT2D eigenvalue weighted by molar-refractivity contribution is -0.124. The lowest BCUT2D eigenvalue weighted by Crippen LogP contribution is -2.50. The number of likely N-dealkylation sites (tertiary alicyclic amines) is 1. The van der Waals surface area contributed by atoms with E-state index in [1.54, 1.807) is 10.9 Å². The Morgan fingerprint density at radius 3 is 2.35 bits per heavy atom. The molecule has 2 aliphatic rings. The third-order valence-electron chi connectivity index (χ3n) is 5.58. The Kier molecular flexibility index (Phi) is 9.93. The van der Waals surface area contributed by atoms with Gasteiger partial charge in [-0.05, 0) is 32.7 Å². The van der Waals surface area contributed by atoms with Crippen LogP contribution in [0.2, 0.25) is 0 Å². The van der Waals surface area contributed by atoms with Gasteiger partial charge in [0.1, 0.15) is 6.04 Å². The molecule has 1 atom stereocenters. The Morgan fingerprint density at radius 1 is 1.15 bits per heavy atom. The number of nitrogens with one attached hydrogen (secondary N) is 2. The monoisotopic (exact) mass is 405 g/mol. The molecule has 0 spiro atoms. The quantitative estimate of drug-likeness (QED) is 0.789. The van der Waals surface area contributed by atoms with Crippen molar-refractivity contribution in [2.45, 2.75) is 63.1 Å². The minimum absolute atomic E-state index is 0. The molecule has 1 aromatic heterocycles. The zero-order valence-electron chi connectivity index (χ0n) is 15.8. The minimum Gasteiger partial charge on any atom is -0.352 e. The smallest absolute Gasteiger partial charge is 0.242 e. The summed E-state index contributed by atoms with van der Waals surface area (Å²) in [6.07, 6.45) is 12.7. The van der Waals surface area contributed by atoms with E-state index in [2.05, 4.69) is 20.6 Å². The summed E-state index contributed by atoms with van der Waals surface area (Å²) in [5.41, 5.74) is 0.914. The summed E-state index contributed by atoms with van der Waals surface area (Å²) in [7, 11) is 3.69. The van der Waals surface area contributed by atoms with E-state index in [0.717, 1.165) is 37.5 Å². The van der Waals surface area contributed by atoms with E-state index >= 15 is 0 Å². The summed E-state index contributed by atoms with van der Waals surface area (Å²) in [6, 6.07) is 0.760. The van der Waals surface area contributed by atoms with Crippen molar-refractivity contribution in [2.75, 3.05) is 20.1 Å². The van der Waals surface area contributed by atoms with E-state index in [0.29, 0.717) is 6.04 Å². The van der Waals surface area contributed by atoms with Crippen LogP contribution in [-0.2, 0) is 11.8 Å². The number of carbonyl (C=O) groups excluding carboxylic acids is 1. The highest BCUT2D eigenvalue weighted by Gasteiger charge is 2.28. The average Bonchev–Trinajstić information content (AvgIpc) is 3.03. The molecular weight excluding hydrogens is 373 g/mol. The van der Waals surface area contributed by atoms with Crippen LogP contribution < -0.4 is 10.6 Å². The second-order valence-electron chi connectivity index (χ2n) is 7.28. The third kappa shape index (κ3) is 5.84. The molecule has 150 valence electrons. The fourth-order valence-electron chi connectivity index (χ4n) is 4.18. The molecule has 1 saturated carbocycles. The van der Waals surface area contributed by atoms with Crippen molar-refractivity contribution in [1.82, 2.24) is 25.3 Å². The number of amides is 1. The van der Waals surface area contributed by atoms with Crippen LogP contribution in [0.3, 0.4) is 0 Å². The topological polar surface area (TPSA) is 62.2 Å². The number of aromatic nitrogens is 2. The van der Waals surface area contributed by atoms with E-state index in [1.807, 2.05) is 20.3 Å². The SMILES string of the molecule is CNC(C(=O)NC1CCN(C2CCCCC2)CC1)c1cnn(C)c1.Cl.Cl. The standard InChI is InChI=1S/C18H31N5O.2ClH/c1-19-17(14-12-20-22(2)13-14)18(24)21-15-8-10-23(11-9-15)16-6-4-3-5-7-16;;/h12-13,15-17,19H,3-11H2,1-2H3,(H,21,24);2*1H. The number of aryl methyl sites for hydroxylation is 1. The molecule has 2 fully saturated rings. The minimum atomic E-state index is -0.324. The van der Waals surface area contributed by atoms with Crippen molar-refractivity contribution in [1.29, 1.82) is 0 Å². The molecule has 0 aromatic carbocycles. The first kappa shape index (κ1) is 23.2. The highest BCUT2D eigenvalue weighted by atomic mass is 35.5. The van der Waals surface area contributed by atoms with Gasteiger partial charge in [0.05, 0.1) is 6.20 Å². The van der Waals surface area contributed by atoms with Crippen LogP contribution in [0.5, 0.6) is 0 Å². The molecule has 6 nitrogen and oxygen atoms in total. The average molecular weight is 406 g/mol. The molecular formula is C18H33Cl2N5O. The molecule has 3 rings (SSSR count). The fourth-order valence-corrected chi connectivity index (χ4v) is 4.18. The Bertz CT molecular complexity index is 539. The second-order valence-corrected chi connectivity index (χ2v) is 7.28. The van der Waals surface area contributed by atoms with E-state index in [1.165, 1.54) is 32.1 Å². The fraction of sp³-hybridized carbons (Fsp3) is 0.778. The van der Waals surface area contributed by atoms with Gasteiger partial charge in [-0.3, -0.25) is 9.48 Å². The van der Waals surface area contributed by atoms with E-state index < -0.39 is 0 Å². The molecule has 0 bridgehead atoms. The molecule has 0 radical (unpaired) electrons. The molecule has 1 aliphatic heterocycles. The Labute approximate surface area is 169 Å². The summed E-state index contributed by atoms with van der Waals surface area (Å²) in [5.74, 6) is 0.0571. The molecule has 1 aromatic rings. The van der Waals surface area contributed by atoms with Crippen molar-refractivity contribution < 1.29 is 4.79 Å². The number of halogens is 2. The predicted molar refractivity (Wildman–Crippen MR) is 109 cm³/mol. The highest BCUT2D eigenvalue weighted by molar-refractivity contribution is 5.85. The lowest BCUT2D eigenvalue weighted by Gasteiger charge is -2.39. The van der Waals surface area contributed by atoms with Crippen molar-refractivity contribution in [3.05, 3.63) is 18.0 Å². The molecule has 1 aliphatic carbocycles. The first-order valence-corrected chi connectivity index (χ1v) is 9.37. The summed E-state index contributed by atoms with van der Waals surface area (Å²) in [5, 5.41) is 10.5. The van der Waals surface area contributed by atoms with E-state index in [-0.39, 0.29) is 36.8 Å². The van der Waals surface area contributed by atoms with E-state index in [9.17, 15) is 4.79 Å². The maximum atomic E-state index is 12.6. The largest absolute Gasteiger partial charge is 0.352 e. The van der Waals surface area contributed by atoms with Crippen LogP contribution in [0.1, 0.15) is 56.6 Å². The van der Waals surface area contributed by atoms with Crippen LogP contribution >= 0.6 is 24.8 Å². The zero-order chi connectivity index (χ0) is 16.9. The van der Waals surface area contributed by atoms with Crippen molar-refractivity contribution in [3.63, 3.8) is 0 Å². The number of hydrogen-bond acceptors (Lipinski definition) is 4. The lowest BCUT2D eigenvalue weighted by atomic mass is 9.92. The highest BCUT2D eigenvalue weighted by Crippen LogP contribution is 2.25. The van der Waals surface area contributed by atoms with Gasteiger partial charge >= 0.3 is 0 Å². The maximum absolute atomic E-state index is 12.6. The van der Waals surface area contributed by atoms with Crippen molar-refractivity contribution >= 4 is 30.7 Å². The second kappa shape index (κ2) is 11.1. The van der Waals surface area contributed by atoms with Crippen LogP contribution in [0.25, 0.3) is 0 Å². The summed E-state index contributed by atoms with van der Waals surface area (Å²) in [6.45, 7) is 2.24. The van der Waals surface area contributed by atoms with Crippen molar-refractivity contribution in [3.8, 4) is 0 Å². The summed E-state index contributed by atoms with van der Waals surface area (Å²) >= 11 is 0. The van der Waals surface area contributed by atoms with Gasteiger partial charge in [-0.1, -0.05) is 19.3 Å². The predicted octanol–water partition coefficient (Wildman–Crippen LogP) is 2.44. The molecule has 1 unspecified atom stereocenters. The van der Waals surface area contributed by atoms with Gasteiger partial charge < -0.3 is 15.5 Å². The molecule has 1 saturated heterocycles. The summed E-state index contributed by atoms with van der Waals surface area (Å²) < 4.78 is 1.73. The molecule has 1 amide bonds. The van der Waals surface area contributed by atoms with Gasteiger partial charge in [0.15, 0.2) is 0 Å².